The van der Waals surface area contributed by atoms with Gasteiger partial charge in [-0.2, -0.15) is 0 Å². The first kappa shape index (κ1) is 30.4. The quantitative estimate of drug-likeness (QED) is 0.135. The molecule has 2 aromatic carbocycles. The van der Waals surface area contributed by atoms with Crippen molar-refractivity contribution < 1.29 is 4.79 Å². The predicted octanol–water partition coefficient (Wildman–Crippen LogP) is 9.64. The second-order valence-corrected chi connectivity index (χ2v) is 11.6. The number of hydrogen-bond acceptors (Lipinski definition) is 2. The van der Waals surface area contributed by atoms with Crippen molar-refractivity contribution in [2.75, 3.05) is 6.54 Å². The van der Waals surface area contributed by atoms with Gasteiger partial charge in [0.25, 0.3) is 5.91 Å². The number of halogens is 1. The summed E-state index contributed by atoms with van der Waals surface area (Å²) in [5.74, 6) is 1.11. The Morgan fingerprint density at radius 1 is 0.789 bits per heavy atom. The molecule has 5 heteroatoms. The van der Waals surface area contributed by atoms with E-state index in [1.54, 1.807) is 0 Å². The third-order valence-corrected chi connectivity index (χ3v) is 7.91. The summed E-state index contributed by atoms with van der Waals surface area (Å²) in [6.45, 7) is 3.96. The van der Waals surface area contributed by atoms with Crippen LogP contribution in [0.4, 0.5) is 0 Å². The van der Waals surface area contributed by atoms with Crippen molar-refractivity contribution in [3.8, 4) is 0 Å². The molecule has 0 spiro atoms. The minimum atomic E-state index is -0.0257. The van der Waals surface area contributed by atoms with Gasteiger partial charge < -0.3 is 9.88 Å². The molecule has 38 heavy (non-hydrogen) atoms. The lowest BCUT2D eigenvalue weighted by Gasteiger charge is -2.10. The van der Waals surface area contributed by atoms with E-state index in [0.29, 0.717) is 12.1 Å². The molecule has 0 fully saturated rings. The summed E-state index contributed by atoms with van der Waals surface area (Å²) in [6, 6.07) is 16.0. The molecule has 0 saturated heterocycles. The fraction of sp³-hybridized carbons (Fsp3) is 0.576. The Morgan fingerprint density at radius 3 is 2.08 bits per heavy atom. The summed E-state index contributed by atoms with van der Waals surface area (Å²) in [7, 11) is 0. The third kappa shape index (κ3) is 10.9. The molecule has 1 aromatic heterocycles. The number of para-hydroxylation sites is 2. The van der Waals surface area contributed by atoms with Crippen LogP contribution in [0.2, 0.25) is 0 Å². The van der Waals surface area contributed by atoms with Crippen LogP contribution in [0, 0.1) is 0 Å². The van der Waals surface area contributed by atoms with Gasteiger partial charge in [-0.05, 0) is 43.2 Å². The van der Waals surface area contributed by atoms with E-state index in [2.05, 4.69) is 57.0 Å². The SMILES string of the molecule is CCCCCCCCCCCCCCCCn1c(CCCNC(=O)c2cccc(Br)c2)nc2ccccc21. The van der Waals surface area contributed by atoms with Crippen LogP contribution in [0.3, 0.4) is 0 Å². The van der Waals surface area contributed by atoms with Gasteiger partial charge in [-0.3, -0.25) is 4.79 Å². The Labute approximate surface area is 239 Å². The van der Waals surface area contributed by atoms with Crippen LogP contribution in [0.1, 0.15) is 119 Å². The molecule has 208 valence electrons. The molecule has 4 nitrogen and oxygen atoms in total. The zero-order valence-electron chi connectivity index (χ0n) is 23.5. The molecule has 0 aliphatic heterocycles. The number of benzene rings is 2. The number of aryl methyl sites for hydroxylation is 2. The van der Waals surface area contributed by atoms with Crippen LogP contribution in [0.15, 0.2) is 53.0 Å². The van der Waals surface area contributed by atoms with E-state index in [1.165, 1.54) is 95.4 Å². The molecule has 3 rings (SSSR count). The average Bonchev–Trinajstić information content (AvgIpc) is 3.28. The zero-order chi connectivity index (χ0) is 26.8. The number of fused-ring (bicyclic) bond motifs is 1. The van der Waals surface area contributed by atoms with Gasteiger partial charge in [0.1, 0.15) is 5.82 Å². The third-order valence-electron chi connectivity index (χ3n) is 7.42. The minimum absolute atomic E-state index is 0.0257. The second kappa shape index (κ2) is 18.2. The van der Waals surface area contributed by atoms with Crippen molar-refractivity contribution in [3.63, 3.8) is 0 Å². The van der Waals surface area contributed by atoms with Gasteiger partial charge in [-0.25, -0.2) is 4.98 Å². The molecule has 1 amide bonds. The molecule has 3 aromatic rings. The number of carbonyl (C=O) groups is 1. The van der Waals surface area contributed by atoms with Gasteiger partial charge >= 0.3 is 0 Å². The Kier molecular flexibility index (Phi) is 14.6. The van der Waals surface area contributed by atoms with Crippen molar-refractivity contribution in [2.45, 2.75) is 116 Å². The number of nitrogens with zero attached hydrogens (tertiary/aromatic N) is 2. The topological polar surface area (TPSA) is 46.9 Å². The maximum absolute atomic E-state index is 12.4. The second-order valence-electron chi connectivity index (χ2n) is 10.6. The Hall–Kier alpha value is -2.14. The highest BCUT2D eigenvalue weighted by Crippen LogP contribution is 2.19. The summed E-state index contributed by atoms with van der Waals surface area (Å²) in [4.78, 5) is 17.4. The number of aromatic nitrogens is 2. The van der Waals surface area contributed by atoms with Gasteiger partial charge in [0.05, 0.1) is 11.0 Å². The zero-order valence-corrected chi connectivity index (χ0v) is 25.1. The standard InChI is InChI=1S/C33H48BrN3O/c1-2-3-4-5-6-7-8-9-10-11-12-13-14-17-26-37-31-23-16-15-22-30(31)36-32(37)24-19-25-35-33(38)28-20-18-21-29(34)27-28/h15-16,18,20-23,27H,2-14,17,19,24-26H2,1H3,(H,35,38). The number of amides is 1. The summed E-state index contributed by atoms with van der Waals surface area (Å²) in [5.41, 5.74) is 2.99. The van der Waals surface area contributed by atoms with E-state index in [0.717, 1.165) is 35.2 Å². The molecule has 0 saturated carbocycles. The maximum Gasteiger partial charge on any atom is 0.251 e. The van der Waals surface area contributed by atoms with E-state index >= 15 is 0 Å². The van der Waals surface area contributed by atoms with Gasteiger partial charge in [-0.1, -0.05) is 125 Å². The van der Waals surface area contributed by atoms with Crippen LogP contribution >= 0.6 is 15.9 Å². The number of hydrogen-bond donors (Lipinski definition) is 1. The normalized spacial score (nSPS) is 11.3. The molecular formula is C33H48BrN3O. The number of rotatable bonds is 20. The predicted molar refractivity (Wildman–Crippen MR) is 165 cm³/mol. The van der Waals surface area contributed by atoms with E-state index < -0.39 is 0 Å². The molecule has 1 heterocycles. The average molecular weight is 583 g/mol. The largest absolute Gasteiger partial charge is 0.352 e. The first-order valence-corrected chi connectivity index (χ1v) is 16.0. The van der Waals surface area contributed by atoms with Gasteiger partial charge in [-0.15, -0.1) is 0 Å². The first-order chi connectivity index (χ1) is 18.7. The fourth-order valence-electron chi connectivity index (χ4n) is 5.21. The number of nitrogens with one attached hydrogen (secondary N) is 1. The monoisotopic (exact) mass is 581 g/mol. The van der Waals surface area contributed by atoms with Crippen LogP contribution in [-0.4, -0.2) is 22.0 Å². The summed E-state index contributed by atoms with van der Waals surface area (Å²) in [6.07, 6.45) is 21.1. The Balaban J connectivity index is 1.32. The van der Waals surface area contributed by atoms with Gasteiger partial charge in [0.15, 0.2) is 0 Å². The Bertz CT molecular complexity index is 1080. The van der Waals surface area contributed by atoms with E-state index in [-0.39, 0.29) is 5.91 Å². The minimum Gasteiger partial charge on any atom is -0.352 e. The van der Waals surface area contributed by atoms with Crippen molar-refractivity contribution >= 4 is 32.9 Å². The molecule has 1 N–H and O–H groups in total. The lowest BCUT2D eigenvalue weighted by atomic mass is 10.0. The molecule has 0 bridgehead atoms. The van der Waals surface area contributed by atoms with Crippen LogP contribution < -0.4 is 5.32 Å². The van der Waals surface area contributed by atoms with Crippen molar-refractivity contribution in [1.82, 2.24) is 14.9 Å². The molecule has 0 aliphatic carbocycles. The van der Waals surface area contributed by atoms with E-state index in [1.807, 2.05) is 24.3 Å². The molecule has 0 aliphatic rings. The first-order valence-electron chi connectivity index (χ1n) is 15.2. The summed E-state index contributed by atoms with van der Waals surface area (Å²) in [5, 5.41) is 3.05. The smallest absolute Gasteiger partial charge is 0.251 e. The molecule has 0 radical (unpaired) electrons. The molecular weight excluding hydrogens is 534 g/mol. The van der Waals surface area contributed by atoms with Crippen molar-refractivity contribution in [3.05, 3.63) is 64.4 Å². The highest BCUT2D eigenvalue weighted by atomic mass is 79.9. The highest BCUT2D eigenvalue weighted by molar-refractivity contribution is 9.10. The molecule has 0 atom stereocenters. The molecule has 0 unspecified atom stereocenters. The maximum atomic E-state index is 12.4. The Morgan fingerprint density at radius 2 is 1.42 bits per heavy atom. The fourth-order valence-corrected chi connectivity index (χ4v) is 5.61. The van der Waals surface area contributed by atoms with Crippen LogP contribution in [-0.2, 0) is 13.0 Å². The van der Waals surface area contributed by atoms with E-state index in [4.69, 9.17) is 4.98 Å². The van der Waals surface area contributed by atoms with Crippen molar-refractivity contribution in [2.24, 2.45) is 0 Å². The summed E-state index contributed by atoms with van der Waals surface area (Å²) < 4.78 is 3.33. The van der Waals surface area contributed by atoms with E-state index in [9.17, 15) is 4.79 Å². The van der Waals surface area contributed by atoms with Crippen molar-refractivity contribution in [1.29, 1.82) is 0 Å². The van der Waals surface area contributed by atoms with Gasteiger partial charge in [0, 0.05) is 29.5 Å². The highest BCUT2D eigenvalue weighted by Gasteiger charge is 2.11. The van der Waals surface area contributed by atoms with Crippen LogP contribution in [0.5, 0.6) is 0 Å². The number of unbranched alkanes of at least 4 members (excludes halogenated alkanes) is 13. The lowest BCUT2D eigenvalue weighted by molar-refractivity contribution is 0.0953. The number of carbonyl (C=O) groups excluding carboxylic acids is 1. The van der Waals surface area contributed by atoms with Gasteiger partial charge in [0.2, 0.25) is 0 Å². The lowest BCUT2D eigenvalue weighted by Crippen LogP contribution is -2.25. The van der Waals surface area contributed by atoms with Crippen LogP contribution in [0.25, 0.3) is 11.0 Å². The number of imidazole rings is 1. The summed E-state index contributed by atoms with van der Waals surface area (Å²) >= 11 is 3.43.